The van der Waals surface area contributed by atoms with Gasteiger partial charge in [0, 0.05) is 12.5 Å². The van der Waals surface area contributed by atoms with Gasteiger partial charge in [0.05, 0.1) is 28.0 Å². The number of rotatable bonds is 6. The number of hydrogen-bond donors (Lipinski definition) is 2. The highest BCUT2D eigenvalue weighted by Gasteiger charge is 2.40. The maximum atomic E-state index is 12.6. The standard InChI is InChI=1S/C19H15N5O6S/c20-19(22-21-10-12-3-1-2-4-14(12)24(29)30)31-15-9-16(25)23(17(15)26)13-7-5-11(6-8-13)18(27)28/h1-8,10,15H,9H2,(H2,20,22)(H,27,28)/b21-10-/t15-/m0/s1. The monoisotopic (exact) mass is 441 g/mol. The molecule has 1 heterocycles. The molecule has 1 fully saturated rings. The predicted octanol–water partition coefficient (Wildman–Crippen LogP) is 2.01. The van der Waals surface area contributed by atoms with Crippen molar-refractivity contribution in [1.82, 2.24) is 0 Å². The Morgan fingerprint density at radius 2 is 1.90 bits per heavy atom. The number of carboxylic acids is 1. The Morgan fingerprint density at radius 3 is 2.55 bits per heavy atom. The number of benzene rings is 2. The number of nitrogens with zero attached hydrogens (tertiary/aromatic N) is 4. The summed E-state index contributed by atoms with van der Waals surface area (Å²) in [5.74, 6) is -2.09. The van der Waals surface area contributed by atoms with Crippen molar-refractivity contribution in [3.63, 3.8) is 0 Å². The van der Waals surface area contributed by atoms with Gasteiger partial charge in [0.25, 0.3) is 5.69 Å². The Balaban J connectivity index is 1.69. The fourth-order valence-corrected chi connectivity index (χ4v) is 3.62. The molecule has 31 heavy (non-hydrogen) atoms. The number of nitro groups is 1. The van der Waals surface area contributed by atoms with Crippen LogP contribution in [0.5, 0.6) is 0 Å². The zero-order chi connectivity index (χ0) is 22.5. The summed E-state index contributed by atoms with van der Waals surface area (Å²) < 4.78 is 0. The summed E-state index contributed by atoms with van der Waals surface area (Å²) in [7, 11) is 0. The maximum Gasteiger partial charge on any atom is 0.335 e. The molecule has 0 aliphatic carbocycles. The first-order chi connectivity index (χ1) is 14.8. The minimum atomic E-state index is -1.12. The van der Waals surface area contributed by atoms with Crippen LogP contribution < -0.4 is 10.6 Å². The van der Waals surface area contributed by atoms with E-state index in [4.69, 9.17) is 10.8 Å². The highest BCUT2D eigenvalue weighted by atomic mass is 32.2. The van der Waals surface area contributed by atoms with Crippen molar-refractivity contribution >= 4 is 52.3 Å². The number of anilines is 1. The van der Waals surface area contributed by atoms with E-state index in [0.29, 0.717) is 0 Å². The molecular formula is C19H15N5O6S. The molecule has 11 nitrogen and oxygen atoms in total. The van der Waals surface area contributed by atoms with Gasteiger partial charge >= 0.3 is 5.97 Å². The molecule has 12 heteroatoms. The molecule has 2 amide bonds. The number of imide groups is 1. The van der Waals surface area contributed by atoms with Gasteiger partial charge in [-0.1, -0.05) is 23.9 Å². The Labute approximate surface area is 179 Å². The highest BCUT2D eigenvalue weighted by molar-refractivity contribution is 8.14. The van der Waals surface area contributed by atoms with Crippen LogP contribution in [0.1, 0.15) is 22.3 Å². The second-order valence-electron chi connectivity index (χ2n) is 6.23. The van der Waals surface area contributed by atoms with E-state index in [2.05, 4.69) is 10.2 Å². The molecule has 2 aromatic rings. The van der Waals surface area contributed by atoms with Gasteiger partial charge in [-0.15, -0.1) is 5.10 Å². The number of para-hydroxylation sites is 1. The van der Waals surface area contributed by atoms with Crippen molar-refractivity contribution in [1.29, 1.82) is 0 Å². The zero-order valence-electron chi connectivity index (χ0n) is 15.7. The molecule has 1 aliphatic heterocycles. The highest BCUT2D eigenvalue weighted by Crippen LogP contribution is 2.30. The number of aromatic carboxylic acids is 1. The summed E-state index contributed by atoms with van der Waals surface area (Å²) in [6.45, 7) is 0. The fraction of sp³-hybridized carbons (Fsp3) is 0.105. The third-order valence-corrected chi connectivity index (χ3v) is 5.20. The fourth-order valence-electron chi connectivity index (χ4n) is 2.80. The van der Waals surface area contributed by atoms with Gasteiger partial charge < -0.3 is 10.8 Å². The van der Waals surface area contributed by atoms with Gasteiger partial charge in [-0.3, -0.25) is 19.7 Å². The summed E-state index contributed by atoms with van der Waals surface area (Å²) in [4.78, 5) is 47.3. The minimum Gasteiger partial charge on any atom is -0.478 e. The SMILES string of the molecule is NC(=N/N=C\c1ccccc1[N+](=O)[O-])S[C@H]1CC(=O)N(c2ccc(C(=O)O)cc2)C1=O. The number of amides is 2. The smallest absolute Gasteiger partial charge is 0.335 e. The lowest BCUT2D eigenvalue weighted by Gasteiger charge is -2.14. The lowest BCUT2D eigenvalue weighted by atomic mass is 10.2. The van der Waals surface area contributed by atoms with Gasteiger partial charge in [0.2, 0.25) is 11.8 Å². The van der Waals surface area contributed by atoms with Crippen molar-refractivity contribution in [2.75, 3.05) is 4.90 Å². The van der Waals surface area contributed by atoms with E-state index >= 15 is 0 Å². The van der Waals surface area contributed by atoms with Crippen LogP contribution in [0.3, 0.4) is 0 Å². The second kappa shape index (κ2) is 9.17. The van der Waals surface area contributed by atoms with Crippen molar-refractivity contribution in [2.45, 2.75) is 11.7 Å². The summed E-state index contributed by atoms with van der Waals surface area (Å²) >= 11 is 0.845. The summed E-state index contributed by atoms with van der Waals surface area (Å²) in [5.41, 5.74) is 6.15. The average Bonchev–Trinajstić information content (AvgIpc) is 3.01. The van der Waals surface area contributed by atoms with E-state index in [0.717, 1.165) is 16.7 Å². The number of carboxylic acid groups (broad SMARTS) is 1. The number of carbonyl (C=O) groups is 3. The van der Waals surface area contributed by atoms with Crippen LogP contribution in [0, 0.1) is 10.1 Å². The largest absolute Gasteiger partial charge is 0.478 e. The topological polar surface area (TPSA) is 169 Å². The lowest BCUT2D eigenvalue weighted by Crippen LogP contribution is -2.31. The van der Waals surface area contributed by atoms with E-state index in [9.17, 15) is 24.5 Å². The maximum absolute atomic E-state index is 12.6. The zero-order valence-corrected chi connectivity index (χ0v) is 16.6. The molecule has 3 N–H and O–H groups in total. The van der Waals surface area contributed by atoms with Gasteiger partial charge in [-0.2, -0.15) is 5.10 Å². The van der Waals surface area contributed by atoms with Crippen LogP contribution >= 0.6 is 11.8 Å². The van der Waals surface area contributed by atoms with Gasteiger partial charge in [0.1, 0.15) is 5.25 Å². The van der Waals surface area contributed by atoms with Crippen molar-refractivity contribution in [2.24, 2.45) is 15.9 Å². The average molecular weight is 441 g/mol. The summed E-state index contributed by atoms with van der Waals surface area (Å²) in [6.07, 6.45) is 1.05. The minimum absolute atomic E-state index is 0.0293. The van der Waals surface area contributed by atoms with Gasteiger partial charge in [-0.05, 0) is 30.3 Å². The Kier molecular flexibility index (Phi) is 6.40. The summed E-state index contributed by atoms with van der Waals surface area (Å²) in [6, 6.07) is 11.3. The molecule has 0 spiro atoms. The molecule has 0 bridgehead atoms. The summed E-state index contributed by atoms with van der Waals surface area (Å²) in [5, 5.41) is 26.5. The van der Waals surface area contributed by atoms with Gasteiger partial charge in [0.15, 0.2) is 5.17 Å². The number of carbonyl (C=O) groups excluding carboxylic acids is 2. The molecule has 0 saturated carbocycles. The molecule has 158 valence electrons. The normalized spacial score (nSPS) is 16.8. The third kappa shape index (κ3) is 4.93. The molecular weight excluding hydrogens is 426 g/mol. The Bertz CT molecular complexity index is 1120. The van der Waals surface area contributed by atoms with E-state index in [1.807, 2.05) is 0 Å². The molecule has 0 aromatic heterocycles. The number of thioether (sulfide) groups is 1. The van der Waals surface area contributed by atoms with Crippen LogP contribution in [0.2, 0.25) is 0 Å². The third-order valence-electron chi connectivity index (χ3n) is 4.23. The first-order valence-electron chi connectivity index (χ1n) is 8.74. The number of hydrogen-bond acceptors (Lipinski definition) is 8. The van der Waals surface area contributed by atoms with Crippen LogP contribution in [0.15, 0.2) is 58.7 Å². The molecule has 2 aromatic carbocycles. The van der Waals surface area contributed by atoms with E-state index < -0.39 is 28.0 Å². The van der Waals surface area contributed by atoms with Crippen molar-refractivity contribution < 1.29 is 24.4 Å². The van der Waals surface area contributed by atoms with E-state index in [1.165, 1.54) is 48.7 Å². The van der Waals surface area contributed by atoms with E-state index in [1.54, 1.807) is 6.07 Å². The second-order valence-corrected chi connectivity index (χ2v) is 7.45. The van der Waals surface area contributed by atoms with Crippen LogP contribution in [-0.4, -0.2) is 44.4 Å². The lowest BCUT2D eigenvalue weighted by molar-refractivity contribution is -0.385. The quantitative estimate of drug-likeness (QED) is 0.225. The van der Waals surface area contributed by atoms with Crippen molar-refractivity contribution in [3.05, 3.63) is 69.8 Å². The molecule has 3 rings (SSSR count). The molecule has 1 saturated heterocycles. The van der Waals surface area contributed by atoms with Crippen LogP contribution in [-0.2, 0) is 9.59 Å². The number of nitro benzene ring substituents is 1. The predicted molar refractivity (Wildman–Crippen MR) is 114 cm³/mol. The van der Waals surface area contributed by atoms with Crippen LogP contribution in [0.25, 0.3) is 0 Å². The Hall–Kier alpha value is -4.06. The number of amidine groups is 1. The molecule has 1 aliphatic rings. The van der Waals surface area contributed by atoms with E-state index in [-0.39, 0.29) is 34.1 Å². The number of nitrogens with two attached hydrogens (primary N) is 1. The first kappa shape index (κ1) is 21.6. The molecule has 0 unspecified atom stereocenters. The van der Waals surface area contributed by atoms with Crippen molar-refractivity contribution in [3.8, 4) is 0 Å². The van der Waals surface area contributed by atoms with Crippen LogP contribution in [0.4, 0.5) is 11.4 Å². The molecule has 1 atom stereocenters. The van der Waals surface area contributed by atoms with Gasteiger partial charge in [-0.25, -0.2) is 9.69 Å². The Morgan fingerprint density at radius 1 is 1.23 bits per heavy atom. The molecule has 0 radical (unpaired) electrons. The first-order valence-corrected chi connectivity index (χ1v) is 9.62.